The number of carboxylic acid groups (broad SMARTS) is 1. The molecule has 0 amide bonds. The van der Waals surface area contributed by atoms with Gasteiger partial charge < -0.3 is 10.4 Å². The lowest BCUT2D eigenvalue weighted by atomic mass is 10.1. The first-order valence-electron chi connectivity index (χ1n) is 5.23. The Labute approximate surface area is 90.1 Å². The molecule has 0 saturated heterocycles. The highest BCUT2D eigenvalue weighted by molar-refractivity contribution is 5.66. The molecule has 1 rings (SSSR count). The molecule has 0 bridgehead atoms. The largest absolute Gasteiger partial charge is 0.481 e. The molecule has 1 aromatic rings. The standard InChI is InChI=1S/C12H17NO2/c1-2-10-5-3-4-6-11(10)9-13-8-7-12(14)15/h3-6,13H,2,7-9H2,1H3,(H,14,15). The topological polar surface area (TPSA) is 49.3 Å². The van der Waals surface area contributed by atoms with Crippen LogP contribution in [0.2, 0.25) is 0 Å². The van der Waals surface area contributed by atoms with Gasteiger partial charge >= 0.3 is 5.97 Å². The molecule has 0 aliphatic heterocycles. The van der Waals surface area contributed by atoms with Crippen LogP contribution in [-0.4, -0.2) is 17.6 Å². The molecule has 0 aliphatic carbocycles. The maximum absolute atomic E-state index is 10.3. The molecule has 0 atom stereocenters. The lowest BCUT2D eigenvalue weighted by Crippen LogP contribution is -2.18. The van der Waals surface area contributed by atoms with E-state index in [1.54, 1.807) is 0 Å². The first-order chi connectivity index (χ1) is 7.24. The molecule has 3 heteroatoms. The van der Waals surface area contributed by atoms with Gasteiger partial charge in [0.25, 0.3) is 0 Å². The highest BCUT2D eigenvalue weighted by atomic mass is 16.4. The van der Waals surface area contributed by atoms with Crippen molar-refractivity contribution in [3.63, 3.8) is 0 Å². The van der Waals surface area contributed by atoms with E-state index in [-0.39, 0.29) is 6.42 Å². The quantitative estimate of drug-likeness (QED) is 0.699. The van der Waals surface area contributed by atoms with Crippen LogP contribution in [0.4, 0.5) is 0 Å². The second-order valence-corrected chi connectivity index (χ2v) is 3.44. The summed E-state index contributed by atoms with van der Waals surface area (Å²) in [6, 6.07) is 8.22. The number of aryl methyl sites for hydroxylation is 1. The first kappa shape index (κ1) is 11.7. The number of rotatable bonds is 6. The number of carbonyl (C=O) groups is 1. The van der Waals surface area contributed by atoms with E-state index in [2.05, 4.69) is 24.4 Å². The molecule has 0 heterocycles. The number of carboxylic acids is 1. The second-order valence-electron chi connectivity index (χ2n) is 3.44. The van der Waals surface area contributed by atoms with Crippen molar-refractivity contribution in [1.82, 2.24) is 5.32 Å². The molecule has 15 heavy (non-hydrogen) atoms. The highest BCUT2D eigenvalue weighted by Crippen LogP contribution is 2.08. The molecular weight excluding hydrogens is 190 g/mol. The van der Waals surface area contributed by atoms with Crippen LogP contribution < -0.4 is 5.32 Å². The van der Waals surface area contributed by atoms with E-state index in [0.29, 0.717) is 6.54 Å². The van der Waals surface area contributed by atoms with Gasteiger partial charge in [-0.3, -0.25) is 4.79 Å². The summed E-state index contributed by atoms with van der Waals surface area (Å²) in [6.07, 6.45) is 1.19. The van der Waals surface area contributed by atoms with Crippen LogP contribution >= 0.6 is 0 Å². The minimum absolute atomic E-state index is 0.175. The Kier molecular flexibility index (Phi) is 4.84. The van der Waals surface area contributed by atoms with Crippen LogP contribution in [0.25, 0.3) is 0 Å². The van der Waals surface area contributed by atoms with Crippen molar-refractivity contribution >= 4 is 5.97 Å². The van der Waals surface area contributed by atoms with Crippen LogP contribution in [0.1, 0.15) is 24.5 Å². The summed E-state index contributed by atoms with van der Waals surface area (Å²) in [5.41, 5.74) is 2.57. The van der Waals surface area contributed by atoms with Crippen molar-refractivity contribution < 1.29 is 9.90 Å². The number of hydrogen-bond donors (Lipinski definition) is 2. The summed E-state index contributed by atoms with van der Waals surface area (Å²) in [6.45, 7) is 3.39. The molecule has 0 radical (unpaired) electrons. The summed E-state index contributed by atoms with van der Waals surface area (Å²) in [5, 5.41) is 11.6. The van der Waals surface area contributed by atoms with Gasteiger partial charge in [0, 0.05) is 13.1 Å². The average molecular weight is 207 g/mol. The van der Waals surface area contributed by atoms with Gasteiger partial charge in [0.1, 0.15) is 0 Å². The van der Waals surface area contributed by atoms with Crippen molar-refractivity contribution in [2.75, 3.05) is 6.54 Å². The van der Waals surface area contributed by atoms with E-state index in [0.717, 1.165) is 13.0 Å². The van der Waals surface area contributed by atoms with Crippen LogP contribution in [0.3, 0.4) is 0 Å². The predicted molar refractivity (Wildman–Crippen MR) is 59.8 cm³/mol. The van der Waals surface area contributed by atoms with Crippen molar-refractivity contribution in [2.24, 2.45) is 0 Å². The van der Waals surface area contributed by atoms with Gasteiger partial charge in [-0.1, -0.05) is 31.2 Å². The van der Waals surface area contributed by atoms with E-state index in [1.807, 2.05) is 12.1 Å². The number of benzene rings is 1. The van der Waals surface area contributed by atoms with Gasteiger partial charge in [-0.05, 0) is 17.5 Å². The van der Waals surface area contributed by atoms with E-state index in [4.69, 9.17) is 5.11 Å². The van der Waals surface area contributed by atoms with Crippen molar-refractivity contribution in [2.45, 2.75) is 26.3 Å². The molecular formula is C12H17NO2. The molecule has 3 nitrogen and oxygen atoms in total. The monoisotopic (exact) mass is 207 g/mol. The fourth-order valence-electron chi connectivity index (χ4n) is 1.49. The maximum atomic E-state index is 10.3. The molecule has 0 spiro atoms. The number of nitrogens with one attached hydrogen (secondary N) is 1. The zero-order chi connectivity index (χ0) is 11.1. The molecule has 0 aliphatic rings. The molecule has 0 aromatic heterocycles. The first-order valence-corrected chi connectivity index (χ1v) is 5.23. The Bertz CT molecular complexity index is 323. The summed E-state index contributed by atoms with van der Waals surface area (Å²) in [4.78, 5) is 10.3. The summed E-state index contributed by atoms with van der Waals surface area (Å²) >= 11 is 0. The van der Waals surface area contributed by atoms with Crippen molar-refractivity contribution in [1.29, 1.82) is 0 Å². The van der Waals surface area contributed by atoms with Gasteiger partial charge in [0.15, 0.2) is 0 Å². The Morgan fingerprint density at radius 3 is 2.60 bits per heavy atom. The van der Waals surface area contributed by atoms with Gasteiger partial charge in [0.05, 0.1) is 6.42 Å². The number of hydrogen-bond acceptors (Lipinski definition) is 2. The summed E-state index contributed by atoms with van der Waals surface area (Å²) in [7, 11) is 0. The van der Waals surface area contributed by atoms with Gasteiger partial charge in [-0.25, -0.2) is 0 Å². The highest BCUT2D eigenvalue weighted by Gasteiger charge is 2.00. The van der Waals surface area contributed by atoms with E-state index >= 15 is 0 Å². The van der Waals surface area contributed by atoms with Crippen LogP contribution in [0, 0.1) is 0 Å². The third-order valence-corrected chi connectivity index (χ3v) is 2.33. The smallest absolute Gasteiger partial charge is 0.304 e. The van der Waals surface area contributed by atoms with E-state index in [9.17, 15) is 4.79 Å². The lowest BCUT2D eigenvalue weighted by molar-refractivity contribution is -0.136. The summed E-state index contributed by atoms with van der Waals surface area (Å²) in [5.74, 6) is -0.758. The number of aliphatic carboxylic acids is 1. The van der Waals surface area contributed by atoms with Gasteiger partial charge in [-0.15, -0.1) is 0 Å². The van der Waals surface area contributed by atoms with Crippen molar-refractivity contribution in [3.05, 3.63) is 35.4 Å². The lowest BCUT2D eigenvalue weighted by Gasteiger charge is -2.08. The van der Waals surface area contributed by atoms with E-state index < -0.39 is 5.97 Å². The Balaban J connectivity index is 2.39. The van der Waals surface area contributed by atoms with Crippen LogP contribution in [0.5, 0.6) is 0 Å². The SMILES string of the molecule is CCc1ccccc1CNCCC(=O)O. The molecule has 0 fully saturated rings. The molecule has 0 unspecified atom stereocenters. The van der Waals surface area contributed by atoms with Crippen LogP contribution in [0.15, 0.2) is 24.3 Å². The maximum Gasteiger partial charge on any atom is 0.304 e. The Morgan fingerprint density at radius 2 is 2.00 bits per heavy atom. The minimum Gasteiger partial charge on any atom is -0.481 e. The molecule has 1 aromatic carbocycles. The molecule has 2 N–H and O–H groups in total. The fourth-order valence-corrected chi connectivity index (χ4v) is 1.49. The third kappa shape index (κ3) is 4.13. The molecule has 82 valence electrons. The van der Waals surface area contributed by atoms with E-state index in [1.165, 1.54) is 11.1 Å². The fraction of sp³-hybridized carbons (Fsp3) is 0.417. The molecule has 0 saturated carbocycles. The second kappa shape index (κ2) is 6.19. The third-order valence-electron chi connectivity index (χ3n) is 2.33. The van der Waals surface area contributed by atoms with Crippen molar-refractivity contribution in [3.8, 4) is 0 Å². The normalized spacial score (nSPS) is 10.2. The average Bonchev–Trinajstić information content (AvgIpc) is 2.24. The van der Waals surface area contributed by atoms with Crippen LogP contribution in [-0.2, 0) is 17.8 Å². The van der Waals surface area contributed by atoms with Gasteiger partial charge in [0.2, 0.25) is 0 Å². The van der Waals surface area contributed by atoms with Gasteiger partial charge in [-0.2, -0.15) is 0 Å². The summed E-state index contributed by atoms with van der Waals surface area (Å²) < 4.78 is 0. The zero-order valence-electron chi connectivity index (χ0n) is 8.99. The predicted octanol–water partition coefficient (Wildman–Crippen LogP) is 1.81. The minimum atomic E-state index is -0.758. The zero-order valence-corrected chi connectivity index (χ0v) is 8.99. The Hall–Kier alpha value is -1.35. The Morgan fingerprint density at radius 1 is 1.33 bits per heavy atom.